The normalized spacial score (nSPS) is 11.0. The Bertz CT molecular complexity index is 1120. The second kappa shape index (κ2) is 10.1. The Labute approximate surface area is 183 Å². The van der Waals surface area contributed by atoms with Gasteiger partial charge in [0, 0.05) is 13.1 Å². The van der Waals surface area contributed by atoms with Crippen LogP contribution in [0.25, 0.3) is 0 Å². The van der Waals surface area contributed by atoms with E-state index in [1.807, 2.05) is 33.8 Å². The molecule has 2 heterocycles. The average molecular weight is 447 g/mol. The van der Waals surface area contributed by atoms with Crippen LogP contribution in [0.4, 0.5) is 17.3 Å². The number of nitrogens with two attached hydrogens (primary N) is 2. The van der Waals surface area contributed by atoms with Crippen LogP contribution in [0.2, 0.25) is 0 Å². The Morgan fingerprint density at radius 2 is 1.97 bits per heavy atom. The van der Waals surface area contributed by atoms with E-state index in [0.717, 1.165) is 11.8 Å². The largest absolute Gasteiger partial charge is 0.383 e. The van der Waals surface area contributed by atoms with Crippen molar-refractivity contribution in [3.63, 3.8) is 0 Å². The molecule has 0 bridgehead atoms. The van der Waals surface area contributed by atoms with Gasteiger partial charge in [-0.3, -0.25) is 19.1 Å². The van der Waals surface area contributed by atoms with Crippen LogP contribution in [0.15, 0.2) is 20.9 Å². The van der Waals surface area contributed by atoms with Gasteiger partial charge >= 0.3 is 5.69 Å². The van der Waals surface area contributed by atoms with Crippen LogP contribution in [0.3, 0.4) is 0 Å². The van der Waals surface area contributed by atoms with Crippen LogP contribution >= 0.6 is 11.8 Å². The van der Waals surface area contributed by atoms with E-state index in [2.05, 4.69) is 15.0 Å². The standard InChI is InChI=1S/C19H26N8O3S/c1-10(2)7-26(13(28)9-31-18-23-6-12(5-20)15(21)24-18)14-16(22)27(8-11(3)4)19(30)25-17(14)29/h6,10-11H,7-9,22H2,1-4H3,(H2,21,23,24)(H,25,29,30). The number of aromatic amines is 1. The Balaban J connectivity index is 2.38. The van der Waals surface area contributed by atoms with Gasteiger partial charge in [0.25, 0.3) is 5.56 Å². The summed E-state index contributed by atoms with van der Waals surface area (Å²) in [6.45, 7) is 8.13. The van der Waals surface area contributed by atoms with Gasteiger partial charge in [-0.2, -0.15) is 5.26 Å². The van der Waals surface area contributed by atoms with Gasteiger partial charge in [-0.1, -0.05) is 39.5 Å². The van der Waals surface area contributed by atoms with Crippen molar-refractivity contribution in [2.75, 3.05) is 28.7 Å². The summed E-state index contributed by atoms with van der Waals surface area (Å²) in [5.41, 5.74) is 10.6. The fraction of sp³-hybridized carbons (Fsp3) is 0.474. The van der Waals surface area contributed by atoms with Crippen molar-refractivity contribution in [3.8, 4) is 6.07 Å². The molecular formula is C19H26N8O3S. The highest BCUT2D eigenvalue weighted by atomic mass is 32.2. The lowest BCUT2D eigenvalue weighted by atomic mass is 10.2. The van der Waals surface area contributed by atoms with Crippen LogP contribution in [0, 0.1) is 23.2 Å². The summed E-state index contributed by atoms with van der Waals surface area (Å²) in [4.78, 5) is 49.4. The number of carbonyl (C=O) groups is 1. The minimum Gasteiger partial charge on any atom is -0.383 e. The van der Waals surface area contributed by atoms with Crippen LogP contribution in [0.1, 0.15) is 33.3 Å². The Morgan fingerprint density at radius 1 is 1.29 bits per heavy atom. The Morgan fingerprint density at radius 3 is 2.52 bits per heavy atom. The molecule has 0 fully saturated rings. The van der Waals surface area contributed by atoms with Crippen LogP contribution in [-0.4, -0.2) is 37.7 Å². The molecule has 0 aromatic carbocycles. The number of nitriles is 1. The molecule has 1 amide bonds. The number of nitrogens with zero attached hydrogens (tertiary/aromatic N) is 5. The Kier molecular flexibility index (Phi) is 7.82. The van der Waals surface area contributed by atoms with Gasteiger partial charge in [0.05, 0.1) is 11.9 Å². The zero-order chi connectivity index (χ0) is 23.3. The number of aromatic nitrogens is 4. The second-order valence-corrected chi connectivity index (χ2v) is 8.69. The van der Waals surface area contributed by atoms with Gasteiger partial charge in [0.2, 0.25) is 5.91 Å². The summed E-state index contributed by atoms with van der Waals surface area (Å²) >= 11 is 1.02. The van der Waals surface area contributed by atoms with Crippen molar-refractivity contribution in [2.24, 2.45) is 11.8 Å². The minimum atomic E-state index is -0.722. The first-order chi connectivity index (χ1) is 14.5. The lowest BCUT2D eigenvalue weighted by Gasteiger charge is -2.26. The molecule has 31 heavy (non-hydrogen) atoms. The molecular weight excluding hydrogens is 420 g/mol. The maximum absolute atomic E-state index is 13.1. The summed E-state index contributed by atoms with van der Waals surface area (Å²) in [6, 6.07) is 1.87. The SMILES string of the molecule is CC(C)CN(C(=O)CSc1ncc(C#N)c(N)n1)c1c(N)n(CC(C)C)c(=O)[nH]c1=O. The zero-order valence-electron chi connectivity index (χ0n) is 17.9. The van der Waals surface area contributed by atoms with Gasteiger partial charge in [-0.05, 0) is 11.8 Å². The van der Waals surface area contributed by atoms with Crippen molar-refractivity contribution in [3.05, 3.63) is 32.6 Å². The number of thioether (sulfide) groups is 1. The van der Waals surface area contributed by atoms with Gasteiger partial charge < -0.3 is 16.4 Å². The van der Waals surface area contributed by atoms with E-state index in [-0.39, 0.29) is 52.2 Å². The number of hydrogen-bond donors (Lipinski definition) is 3. The molecule has 5 N–H and O–H groups in total. The molecule has 11 nitrogen and oxygen atoms in total. The van der Waals surface area contributed by atoms with Gasteiger partial charge in [-0.15, -0.1) is 0 Å². The molecule has 0 saturated heterocycles. The number of carbonyl (C=O) groups excluding carboxylic acids is 1. The minimum absolute atomic E-state index is 0.0212. The number of H-pyrrole nitrogens is 1. The lowest BCUT2D eigenvalue weighted by molar-refractivity contribution is -0.116. The molecule has 0 aliphatic heterocycles. The van der Waals surface area contributed by atoms with Gasteiger partial charge in [0.15, 0.2) is 10.8 Å². The van der Waals surface area contributed by atoms with Crippen molar-refractivity contribution in [1.29, 1.82) is 5.26 Å². The number of amides is 1. The van der Waals surface area contributed by atoms with E-state index in [1.165, 1.54) is 15.7 Å². The van der Waals surface area contributed by atoms with Crippen molar-refractivity contribution < 1.29 is 4.79 Å². The fourth-order valence-corrected chi connectivity index (χ4v) is 3.50. The topological polar surface area (TPSA) is 177 Å². The van der Waals surface area contributed by atoms with Crippen LogP contribution < -0.4 is 27.6 Å². The number of hydrogen-bond acceptors (Lipinski definition) is 9. The van der Waals surface area contributed by atoms with Crippen molar-refractivity contribution in [2.45, 2.75) is 39.4 Å². The van der Waals surface area contributed by atoms with Gasteiger partial charge in [0.1, 0.15) is 23.3 Å². The summed E-state index contributed by atoms with van der Waals surface area (Å²) in [5, 5.41) is 9.14. The maximum atomic E-state index is 13.1. The number of nitrogen functional groups attached to an aromatic ring is 2. The van der Waals surface area contributed by atoms with E-state index in [9.17, 15) is 14.4 Å². The molecule has 0 aliphatic rings. The summed E-state index contributed by atoms with van der Waals surface area (Å²) in [5.74, 6) is -0.409. The molecule has 2 aromatic rings. The second-order valence-electron chi connectivity index (χ2n) is 7.75. The third kappa shape index (κ3) is 5.85. The highest BCUT2D eigenvalue weighted by Crippen LogP contribution is 2.22. The maximum Gasteiger partial charge on any atom is 0.330 e. The van der Waals surface area contributed by atoms with Crippen LogP contribution in [0.5, 0.6) is 0 Å². The quantitative estimate of drug-likeness (QED) is 0.391. The van der Waals surface area contributed by atoms with Crippen molar-refractivity contribution in [1.82, 2.24) is 19.5 Å². The molecule has 12 heteroatoms. The number of rotatable bonds is 8. The van der Waals surface area contributed by atoms with E-state index in [1.54, 1.807) is 0 Å². The first kappa shape index (κ1) is 23.9. The van der Waals surface area contributed by atoms with E-state index < -0.39 is 17.2 Å². The predicted octanol–water partition coefficient (Wildman–Crippen LogP) is 0.800. The molecule has 166 valence electrons. The third-order valence-electron chi connectivity index (χ3n) is 4.12. The molecule has 0 atom stereocenters. The van der Waals surface area contributed by atoms with Crippen molar-refractivity contribution >= 4 is 35.0 Å². The molecule has 2 aromatic heterocycles. The van der Waals surface area contributed by atoms with Crippen LogP contribution in [-0.2, 0) is 11.3 Å². The molecule has 2 rings (SSSR count). The highest BCUT2D eigenvalue weighted by Gasteiger charge is 2.25. The zero-order valence-corrected chi connectivity index (χ0v) is 18.7. The molecule has 0 unspecified atom stereocenters. The average Bonchev–Trinajstić information content (AvgIpc) is 2.68. The summed E-state index contributed by atoms with van der Waals surface area (Å²) in [7, 11) is 0. The molecule has 0 spiro atoms. The number of anilines is 3. The smallest absolute Gasteiger partial charge is 0.330 e. The lowest BCUT2D eigenvalue weighted by Crippen LogP contribution is -2.43. The van der Waals surface area contributed by atoms with Gasteiger partial charge in [-0.25, -0.2) is 14.8 Å². The van der Waals surface area contributed by atoms with E-state index in [4.69, 9.17) is 16.7 Å². The molecule has 0 aliphatic carbocycles. The first-order valence-corrected chi connectivity index (χ1v) is 10.6. The third-order valence-corrected chi connectivity index (χ3v) is 4.97. The fourth-order valence-electron chi connectivity index (χ4n) is 2.81. The summed E-state index contributed by atoms with van der Waals surface area (Å²) in [6.07, 6.45) is 1.28. The number of nitrogens with one attached hydrogen (secondary N) is 1. The Hall–Kier alpha value is -3.33. The molecule has 0 saturated carbocycles. The first-order valence-electron chi connectivity index (χ1n) is 9.63. The predicted molar refractivity (Wildman–Crippen MR) is 120 cm³/mol. The highest BCUT2D eigenvalue weighted by molar-refractivity contribution is 7.99. The van der Waals surface area contributed by atoms with E-state index >= 15 is 0 Å². The monoisotopic (exact) mass is 446 g/mol. The molecule has 0 radical (unpaired) electrons. The van der Waals surface area contributed by atoms with E-state index in [0.29, 0.717) is 6.54 Å². The summed E-state index contributed by atoms with van der Waals surface area (Å²) < 4.78 is 1.26.